The minimum absolute atomic E-state index is 0.106. The van der Waals surface area contributed by atoms with Gasteiger partial charge in [-0.15, -0.1) is 0 Å². The third-order valence-corrected chi connectivity index (χ3v) is 4.33. The fourth-order valence-corrected chi connectivity index (χ4v) is 3.23. The molecular weight excluding hydrogens is 270 g/mol. The van der Waals surface area contributed by atoms with Gasteiger partial charge in [0.05, 0.1) is 0 Å². The molecule has 0 saturated carbocycles. The van der Waals surface area contributed by atoms with Crippen molar-refractivity contribution in [2.24, 2.45) is 5.92 Å². The van der Waals surface area contributed by atoms with Gasteiger partial charge in [0, 0.05) is 24.2 Å². The van der Waals surface area contributed by atoms with E-state index in [9.17, 15) is 8.78 Å². The second kappa shape index (κ2) is 7.32. The van der Waals surface area contributed by atoms with E-state index < -0.39 is 6.43 Å². The van der Waals surface area contributed by atoms with Crippen molar-refractivity contribution in [3.63, 3.8) is 0 Å². The van der Waals surface area contributed by atoms with Gasteiger partial charge < -0.3 is 5.32 Å². The van der Waals surface area contributed by atoms with Crippen molar-refractivity contribution < 1.29 is 8.78 Å². The molecule has 118 valence electrons. The zero-order valence-corrected chi connectivity index (χ0v) is 13.2. The standard InChI is InChI=1S/C17H26F2N2/c1-12(2)20-11-15-5-4-10-21(3)16(15)13-6-8-14(9-7-13)17(18)19/h6-9,12,15-17,20H,4-5,10-11H2,1-3H3. The van der Waals surface area contributed by atoms with Crippen LogP contribution in [0.1, 0.15) is 50.3 Å². The molecule has 0 spiro atoms. The third kappa shape index (κ3) is 4.24. The van der Waals surface area contributed by atoms with Gasteiger partial charge in [-0.2, -0.15) is 0 Å². The van der Waals surface area contributed by atoms with Crippen LogP contribution in [-0.4, -0.2) is 31.1 Å². The van der Waals surface area contributed by atoms with Gasteiger partial charge in [-0.05, 0) is 37.9 Å². The Labute approximate surface area is 126 Å². The predicted octanol–water partition coefficient (Wildman–Crippen LogP) is 4.01. The summed E-state index contributed by atoms with van der Waals surface area (Å²) in [6.45, 7) is 6.35. The van der Waals surface area contributed by atoms with Crippen LogP contribution in [0.15, 0.2) is 24.3 Å². The number of hydrogen-bond acceptors (Lipinski definition) is 2. The Morgan fingerprint density at radius 3 is 2.48 bits per heavy atom. The van der Waals surface area contributed by atoms with E-state index in [0.29, 0.717) is 18.0 Å². The van der Waals surface area contributed by atoms with Crippen LogP contribution in [0.2, 0.25) is 0 Å². The number of nitrogens with one attached hydrogen (secondary N) is 1. The molecule has 0 radical (unpaired) electrons. The highest BCUT2D eigenvalue weighted by Crippen LogP contribution is 2.35. The van der Waals surface area contributed by atoms with E-state index in [0.717, 1.165) is 18.7 Å². The van der Waals surface area contributed by atoms with Crippen LogP contribution in [0.3, 0.4) is 0 Å². The molecule has 1 aliphatic heterocycles. The first kappa shape index (κ1) is 16.4. The fourth-order valence-electron chi connectivity index (χ4n) is 3.23. The molecule has 2 nitrogen and oxygen atoms in total. The van der Waals surface area contributed by atoms with Gasteiger partial charge in [0.15, 0.2) is 0 Å². The first-order valence-corrected chi connectivity index (χ1v) is 7.80. The summed E-state index contributed by atoms with van der Waals surface area (Å²) in [5.41, 5.74) is 1.26. The highest BCUT2D eigenvalue weighted by Gasteiger charge is 2.30. The summed E-state index contributed by atoms with van der Waals surface area (Å²) in [5.74, 6) is 0.531. The van der Waals surface area contributed by atoms with E-state index in [4.69, 9.17) is 0 Å². The monoisotopic (exact) mass is 296 g/mol. The summed E-state index contributed by atoms with van der Waals surface area (Å²) >= 11 is 0. The van der Waals surface area contributed by atoms with Gasteiger partial charge in [-0.1, -0.05) is 38.1 Å². The Morgan fingerprint density at radius 1 is 1.24 bits per heavy atom. The van der Waals surface area contributed by atoms with Crippen molar-refractivity contribution in [3.8, 4) is 0 Å². The normalized spacial score (nSPS) is 24.0. The van der Waals surface area contributed by atoms with E-state index in [2.05, 4.69) is 31.1 Å². The van der Waals surface area contributed by atoms with E-state index in [1.807, 2.05) is 12.1 Å². The Hall–Kier alpha value is -1.00. The summed E-state index contributed by atoms with van der Waals surface area (Å²) in [4.78, 5) is 2.35. The van der Waals surface area contributed by atoms with Gasteiger partial charge in [0.2, 0.25) is 0 Å². The molecule has 0 aliphatic carbocycles. The summed E-state index contributed by atoms with van der Waals surface area (Å²) < 4.78 is 25.4. The van der Waals surface area contributed by atoms with E-state index >= 15 is 0 Å². The van der Waals surface area contributed by atoms with E-state index in [-0.39, 0.29) is 5.56 Å². The molecular formula is C17H26F2N2. The average Bonchev–Trinajstić information content (AvgIpc) is 2.45. The summed E-state index contributed by atoms with van der Waals surface area (Å²) in [7, 11) is 2.13. The molecule has 1 saturated heterocycles. The number of rotatable bonds is 5. The lowest BCUT2D eigenvalue weighted by molar-refractivity contribution is 0.118. The minimum Gasteiger partial charge on any atom is -0.314 e. The lowest BCUT2D eigenvalue weighted by Gasteiger charge is -2.40. The maximum Gasteiger partial charge on any atom is 0.263 e. The number of nitrogens with zero attached hydrogens (tertiary/aromatic N) is 1. The maximum absolute atomic E-state index is 12.7. The molecule has 1 heterocycles. The van der Waals surface area contributed by atoms with Gasteiger partial charge >= 0.3 is 0 Å². The van der Waals surface area contributed by atoms with Crippen LogP contribution in [0.4, 0.5) is 8.78 Å². The van der Waals surface area contributed by atoms with Crippen LogP contribution >= 0.6 is 0 Å². The van der Waals surface area contributed by atoms with Crippen LogP contribution in [0.5, 0.6) is 0 Å². The third-order valence-electron chi connectivity index (χ3n) is 4.33. The number of likely N-dealkylation sites (tertiary alicyclic amines) is 1. The zero-order valence-electron chi connectivity index (χ0n) is 13.2. The predicted molar refractivity (Wildman–Crippen MR) is 82.6 cm³/mol. The molecule has 2 rings (SSSR count). The highest BCUT2D eigenvalue weighted by atomic mass is 19.3. The zero-order chi connectivity index (χ0) is 15.4. The van der Waals surface area contributed by atoms with Crippen molar-refractivity contribution >= 4 is 0 Å². The number of alkyl halides is 2. The Bertz CT molecular complexity index is 431. The van der Waals surface area contributed by atoms with Crippen LogP contribution < -0.4 is 5.32 Å². The summed E-state index contributed by atoms with van der Waals surface area (Å²) in [6.07, 6.45) is -0.000672. The summed E-state index contributed by atoms with van der Waals surface area (Å²) in [6, 6.07) is 7.66. The molecule has 1 N–H and O–H groups in total. The fraction of sp³-hybridized carbons (Fsp3) is 0.647. The number of halogens is 2. The van der Waals surface area contributed by atoms with E-state index in [1.165, 1.54) is 12.8 Å². The number of piperidine rings is 1. The Morgan fingerprint density at radius 2 is 1.90 bits per heavy atom. The van der Waals surface area contributed by atoms with Crippen molar-refractivity contribution in [1.29, 1.82) is 0 Å². The first-order chi connectivity index (χ1) is 9.99. The molecule has 0 amide bonds. The second-order valence-electron chi connectivity index (χ2n) is 6.36. The molecule has 1 aromatic carbocycles. The van der Waals surface area contributed by atoms with Gasteiger partial charge in [-0.3, -0.25) is 4.90 Å². The SMILES string of the molecule is CC(C)NCC1CCCN(C)C1c1ccc(C(F)F)cc1. The molecule has 0 bridgehead atoms. The quantitative estimate of drug-likeness (QED) is 0.883. The molecule has 2 unspecified atom stereocenters. The molecule has 1 aromatic rings. The van der Waals surface area contributed by atoms with Crippen molar-refractivity contribution in [2.75, 3.05) is 20.1 Å². The molecule has 2 atom stereocenters. The van der Waals surface area contributed by atoms with Gasteiger partial charge in [0.25, 0.3) is 6.43 Å². The smallest absolute Gasteiger partial charge is 0.263 e. The number of hydrogen-bond donors (Lipinski definition) is 1. The van der Waals surface area contributed by atoms with Crippen LogP contribution in [-0.2, 0) is 0 Å². The number of benzene rings is 1. The lowest BCUT2D eigenvalue weighted by atomic mass is 9.84. The highest BCUT2D eigenvalue weighted by molar-refractivity contribution is 5.26. The molecule has 1 aliphatic rings. The Kier molecular flexibility index (Phi) is 5.71. The maximum atomic E-state index is 12.7. The van der Waals surface area contributed by atoms with Crippen molar-refractivity contribution in [1.82, 2.24) is 10.2 Å². The largest absolute Gasteiger partial charge is 0.314 e. The molecule has 21 heavy (non-hydrogen) atoms. The Balaban J connectivity index is 2.14. The first-order valence-electron chi connectivity index (χ1n) is 7.80. The topological polar surface area (TPSA) is 15.3 Å². The van der Waals surface area contributed by atoms with Crippen molar-refractivity contribution in [3.05, 3.63) is 35.4 Å². The summed E-state index contributed by atoms with van der Waals surface area (Å²) in [5, 5.41) is 3.52. The van der Waals surface area contributed by atoms with Crippen LogP contribution in [0.25, 0.3) is 0 Å². The molecule has 0 aromatic heterocycles. The lowest BCUT2D eigenvalue weighted by Crippen LogP contribution is -2.41. The molecule has 1 fully saturated rings. The minimum atomic E-state index is -2.39. The van der Waals surface area contributed by atoms with E-state index in [1.54, 1.807) is 12.1 Å². The van der Waals surface area contributed by atoms with Gasteiger partial charge in [-0.25, -0.2) is 8.78 Å². The van der Waals surface area contributed by atoms with Crippen LogP contribution in [0, 0.1) is 5.92 Å². The average molecular weight is 296 g/mol. The molecule has 4 heteroatoms. The second-order valence-corrected chi connectivity index (χ2v) is 6.36. The van der Waals surface area contributed by atoms with Gasteiger partial charge in [0.1, 0.15) is 0 Å². The van der Waals surface area contributed by atoms with Crippen molar-refractivity contribution in [2.45, 2.75) is 45.2 Å².